The Balaban J connectivity index is 1.50. The Hall–Kier alpha value is -3.72. The number of nitrogens with zero attached hydrogens (tertiary/aromatic N) is 1. The van der Waals surface area contributed by atoms with E-state index in [1.165, 1.54) is 6.07 Å². The highest BCUT2D eigenvalue weighted by atomic mass is 32.2. The van der Waals surface area contributed by atoms with Crippen molar-refractivity contribution in [3.63, 3.8) is 0 Å². The van der Waals surface area contributed by atoms with Crippen molar-refractivity contribution < 1.29 is 22.4 Å². The molecule has 3 aromatic carbocycles. The molecule has 0 aliphatic carbocycles. The van der Waals surface area contributed by atoms with Crippen LogP contribution in [0, 0.1) is 5.82 Å². The normalized spacial score (nSPS) is 14.1. The molecule has 3 aromatic rings. The SMILES string of the molecule is O=C(Nc1ccccc1NS(=O)(=O)c1ccc(F)cc1)c1ccc(N2CCCCC2=O)cc1. The second-order valence-electron chi connectivity index (χ2n) is 7.61. The van der Waals surface area contributed by atoms with Gasteiger partial charge in [-0.15, -0.1) is 0 Å². The topological polar surface area (TPSA) is 95.6 Å². The number of hydrogen-bond acceptors (Lipinski definition) is 4. The Bertz CT molecular complexity index is 1280. The number of piperidine rings is 1. The van der Waals surface area contributed by atoms with Crippen LogP contribution in [0.5, 0.6) is 0 Å². The number of carbonyl (C=O) groups excluding carboxylic acids is 2. The molecule has 2 N–H and O–H groups in total. The lowest BCUT2D eigenvalue weighted by Gasteiger charge is -2.26. The highest BCUT2D eigenvalue weighted by Gasteiger charge is 2.20. The first-order valence-electron chi connectivity index (χ1n) is 10.4. The van der Waals surface area contributed by atoms with Crippen molar-refractivity contribution in [1.82, 2.24) is 0 Å². The second kappa shape index (κ2) is 9.41. The summed E-state index contributed by atoms with van der Waals surface area (Å²) in [7, 11) is -3.98. The Morgan fingerprint density at radius 2 is 1.55 bits per heavy atom. The van der Waals surface area contributed by atoms with Gasteiger partial charge in [-0.3, -0.25) is 14.3 Å². The summed E-state index contributed by atoms with van der Waals surface area (Å²) in [6.45, 7) is 0.659. The minimum atomic E-state index is -3.98. The summed E-state index contributed by atoms with van der Waals surface area (Å²) in [4.78, 5) is 26.5. The maximum Gasteiger partial charge on any atom is 0.261 e. The van der Waals surface area contributed by atoms with Crippen molar-refractivity contribution in [3.8, 4) is 0 Å². The largest absolute Gasteiger partial charge is 0.320 e. The number of para-hydroxylation sites is 2. The monoisotopic (exact) mass is 467 g/mol. The van der Waals surface area contributed by atoms with Gasteiger partial charge in [-0.25, -0.2) is 12.8 Å². The van der Waals surface area contributed by atoms with E-state index in [1.807, 2.05) is 0 Å². The first-order valence-corrected chi connectivity index (χ1v) is 11.9. The molecule has 2 amide bonds. The molecule has 0 spiro atoms. The second-order valence-corrected chi connectivity index (χ2v) is 9.29. The number of carbonyl (C=O) groups is 2. The van der Waals surface area contributed by atoms with Crippen molar-refractivity contribution in [2.24, 2.45) is 0 Å². The Morgan fingerprint density at radius 1 is 0.879 bits per heavy atom. The molecule has 1 fully saturated rings. The molecule has 1 heterocycles. The fourth-order valence-corrected chi connectivity index (χ4v) is 4.64. The van der Waals surface area contributed by atoms with Gasteiger partial charge in [0.1, 0.15) is 5.82 Å². The van der Waals surface area contributed by atoms with Crippen LogP contribution in [0.1, 0.15) is 29.6 Å². The molecule has 170 valence electrons. The van der Waals surface area contributed by atoms with Crippen molar-refractivity contribution in [2.75, 3.05) is 21.5 Å². The molecule has 0 saturated carbocycles. The summed E-state index contributed by atoms with van der Waals surface area (Å²) in [6.07, 6.45) is 2.35. The highest BCUT2D eigenvalue weighted by Crippen LogP contribution is 2.26. The van der Waals surface area contributed by atoms with Gasteiger partial charge in [-0.1, -0.05) is 12.1 Å². The van der Waals surface area contributed by atoms with Gasteiger partial charge in [0.05, 0.1) is 16.3 Å². The van der Waals surface area contributed by atoms with E-state index in [2.05, 4.69) is 10.0 Å². The highest BCUT2D eigenvalue weighted by molar-refractivity contribution is 7.92. The average Bonchev–Trinajstić information content (AvgIpc) is 2.81. The Morgan fingerprint density at radius 3 is 2.21 bits per heavy atom. The summed E-state index contributed by atoms with van der Waals surface area (Å²) in [5.74, 6) is -0.905. The standard InChI is InChI=1S/C24H22FN3O4S/c25-18-10-14-20(15-11-18)33(31,32)27-22-6-2-1-5-21(22)26-24(30)17-8-12-19(13-9-17)28-16-4-3-7-23(28)29/h1-2,5-6,8-15,27H,3-4,7,16H2,(H,26,30). The van der Waals surface area contributed by atoms with Gasteiger partial charge in [0.2, 0.25) is 5.91 Å². The smallest absolute Gasteiger partial charge is 0.261 e. The molecule has 0 radical (unpaired) electrons. The Labute approximate surface area is 191 Å². The quantitative estimate of drug-likeness (QED) is 0.562. The van der Waals surface area contributed by atoms with Gasteiger partial charge < -0.3 is 10.2 Å². The van der Waals surface area contributed by atoms with Crippen LogP contribution in [-0.2, 0) is 14.8 Å². The van der Waals surface area contributed by atoms with Crippen LogP contribution in [0.3, 0.4) is 0 Å². The molecular formula is C24H22FN3O4S. The zero-order valence-corrected chi connectivity index (χ0v) is 18.4. The molecule has 0 atom stereocenters. The third-order valence-electron chi connectivity index (χ3n) is 5.31. The van der Waals surface area contributed by atoms with E-state index in [4.69, 9.17) is 0 Å². The van der Waals surface area contributed by atoms with Crippen LogP contribution in [0.4, 0.5) is 21.5 Å². The third kappa shape index (κ3) is 5.20. The average molecular weight is 468 g/mol. The minimum absolute atomic E-state index is 0.0702. The number of sulfonamides is 1. The summed E-state index contributed by atoms with van der Waals surface area (Å²) in [6, 6.07) is 17.5. The van der Waals surface area contributed by atoms with Crippen LogP contribution >= 0.6 is 0 Å². The van der Waals surface area contributed by atoms with Crippen molar-refractivity contribution in [3.05, 3.63) is 84.2 Å². The van der Waals surface area contributed by atoms with Gasteiger partial charge in [0.25, 0.3) is 15.9 Å². The maximum atomic E-state index is 13.1. The zero-order chi connectivity index (χ0) is 23.4. The van der Waals surface area contributed by atoms with Gasteiger partial charge in [0, 0.05) is 24.2 Å². The molecule has 33 heavy (non-hydrogen) atoms. The summed E-state index contributed by atoms with van der Waals surface area (Å²) in [5, 5.41) is 2.71. The van der Waals surface area contributed by atoms with E-state index in [0.717, 1.165) is 42.8 Å². The van der Waals surface area contributed by atoms with Gasteiger partial charge in [0.15, 0.2) is 0 Å². The molecule has 1 aliphatic heterocycles. The lowest BCUT2D eigenvalue weighted by Crippen LogP contribution is -2.35. The van der Waals surface area contributed by atoms with Crippen LogP contribution in [0.15, 0.2) is 77.7 Å². The summed E-state index contributed by atoms with van der Waals surface area (Å²) < 4.78 is 40.9. The number of halogens is 1. The number of hydrogen-bond donors (Lipinski definition) is 2. The number of rotatable bonds is 6. The minimum Gasteiger partial charge on any atom is -0.320 e. The summed E-state index contributed by atoms with van der Waals surface area (Å²) in [5.41, 5.74) is 1.54. The predicted octanol–water partition coefficient (Wildman–Crippen LogP) is 4.40. The van der Waals surface area contributed by atoms with Crippen LogP contribution in [0.2, 0.25) is 0 Å². The predicted molar refractivity (Wildman–Crippen MR) is 124 cm³/mol. The van der Waals surface area contributed by atoms with Crippen LogP contribution in [0.25, 0.3) is 0 Å². The van der Waals surface area contributed by atoms with E-state index >= 15 is 0 Å². The molecule has 7 nitrogen and oxygen atoms in total. The summed E-state index contributed by atoms with van der Waals surface area (Å²) >= 11 is 0. The number of benzene rings is 3. The fourth-order valence-electron chi connectivity index (χ4n) is 3.56. The zero-order valence-electron chi connectivity index (χ0n) is 17.6. The molecule has 0 unspecified atom stereocenters. The first kappa shape index (κ1) is 22.5. The lowest BCUT2D eigenvalue weighted by atomic mass is 10.1. The molecule has 9 heteroatoms. The van der Waals surface area contributed by atoms with E-state index in [9.17, 15) is 22.4 Å². The van der Waals surface area contributed by atoms with Gasteiger partial charge in [-0.05, 0) is 73.5 Å². The van der Waals surface area contributed by atoms with E-state index in [0.29, 0.717) is 18.5 Å². The molecule has 1 saturated heterocycles. The van der Waals surface area contributed by atoms with Gasteiger partial charge in [-0.2, -0.15) is 0 Å². The number of nitrogens with one attached hydrogen (secondary N) is 2. The van der Waals surface area contributed by atoms with E-state index in [1.54, 1.807) is 47.4 Å². The maximum absolute atomic E-state index is 13.1. The van der Waals surface area contributed by atoms with Crippen LogP contribution < -0.4 is 14.9 Å². The van der Waals surface area contributed by atoms with Gasteiger partial charge >= 0.3 is 0 Å². The van der Waals surface area contributed by atoms with Crippen molar-refractivity contribution in [2.45, 2.75) is 24.2 Å². The fraction of sp³-hybridized carbons (Fsp3) is 0.167. The van der Waals surface area contributed by atoms with E-state index < -0.39 is 21.7 Å². The molecular weight excluding hydrogens is 445 g/mol. The third-order valence-corrected chi connectivity index (χ3v) is 6.69. The number of amides is 2. The molecule has 1 aliphatic rings. The Kier molecular flexibility index (Phi) is 6.41. The van der Waals surface area contributed by atoms with Crippen LogP contribution in [-0.4, -0.2) is 26.8 Å². The lowest BCUT2D eigenvalue weighted by molar-refractivity contribution is -0.119. The van der Waals surface area contributed by atoms with E-state index in [-0.39, 0.29) is 22.2 Å². The number of anilines is 3. The molecule has 0 bridgehead atoms. The van der Waals surface area contributed by atoms with Crippen molar-refractivity contribution in [1.29, 1.82) is 0 Å². The van der Waals surface area contributed by atoms with Crippen molar-refractivity contribution >= 4 is 38.9 Å². The molecule has 4 rings (SSSR count). The molecule has 0 aromatic heterocycles. The first-order chi connectivity index (χ1) is 15.8.